The summed E-state index contributed by atoms with van der Waals surface area (Å²) in [6.45, 7) is 2.54. The summed E-state index contributed by atoms with van der Waals surface area (Å²) in [6.07, 6.45) is 2.47. The molecule has 1 aliphatic carbocycles. The Labute approximate surface area is 159 Å². The zero-order valence-corrected chi connectivity index (χ0v) is 15.7. The third kappa shape index (κ3) is 4.94. The zero-order chi connectivity index (χ0) is 19.4. The van der Waals surface area contributed by atoms with Gasteiger partial charge in [-0.25, -0.2) is 4.39 Å². The van der Waals surface area contributed by atoms with E-state index in [2.05, 4.69) is 5.32 Å². The van der Waals surface area contributed by atoms with Crippen LogP contribution >= 0.6 is 0 Å². The minimum atomic E-state index is -0.267. The van der Waals surface area contributed by atoms with Gasteiger partial charge in [-0.1, -0.05) is 31.2 Å². The minimum Gasteiger partial charge on any atom is -0.355 e. The Kier molecular flexibility index (Phi) is 5.89. The van der Waals surface area contributed by atoms with Crippen LogP contribution in [-0.4, -0.2) is 29.8 Å². The molecule has 0 heterocycles. The topological polar surface area (TPSA) is 49.4 Å². The molecule has 0 radical (unpaired) electrons. The maximum atomic E-state index is 13.1. The SMILES string of the molecule is CNC(=O)c1ccc(CN(C(=O)CC(C)c2ccc(F)cc2)C2CC2)cc1. The van der Waals surface area contributed by atoms with Crippen LogP contribution in [0.1, 0.15) is 53.6 Å². The molecule has 0 bridgehead atoms. The van der Waals surface area contributed by atoms with Gasteiger partial charge in [0.1, 0.15) is 5.82 Å². The maximum Gasteiger partial charge on any atom is 0.251 e. The van der Waals surface area contributed by atoms with Crippen molar-refractivity contribution in [3.05, 3.63) is 71.0 Å². The summed E-state index contributed by atoms with van der Waals surface area (Å²) < 4.78 is 13.1. The van der Waals surface area contributed by atoms with E-state index in [1.807, 2.05) is 24.0 Å². The standard InChI is InChI=1S/C22H25FN2O2/c1-15(17-7-9-19(23)10-8-17)13-21(26)25(20-11-12-20)14-16-3-5-18(6-4-16)22(27)24-2/h3-10,15,20H,11-14H2,1-2H3,(H,24,27). The van der Waals surface area contributed by atoms with Crippen molar-refractivity contribution in [1.82, 2.24) is 10.2 Å². The van der Waals surface area contributed by atoms with Crippen LogP contribution in [0.3, 0.4) is 0 Å². The van der Waals surface area contributed by atoms with Crippen LogP contribution in [0.25, 0.3) is 0 Å². The molecule has 1 saturated carbocycles. The van der Waals surface area contributed by atoms with Gasteiger partial charge in [0, 0.05) is 31.6 Å². The molecule has 0 spiro atoms. The lowest BCUT2D eigenvalue weighted by Gasteiger charge is -2.24. The summed E-state index contributed by atoms with van der Waals surface area (Å²) in [6, 6.07) is 14.0. The van der Waals surface area contributed by atoms with Crippen molar-refractivity contribution < 1.29 is 14.0 Å². The lowest BCUT2D eigenvalue weighted by molar-refractivity contribution is -0.132. The third-order valence-corrected chi connectivity index (χ3v) is 5.02. The third-order valence-electron chi connectivity index (χ3n) is 5.02. The molecule has 1 N–H and O–H groups in total. The van der Waals surface area contributed by atoms with Gasteiger partial charge in [-0.05, 0) is 54.2 Å². The van der Waals surface area contributed by atoms with Gasteiger partial charge in [-0.15, -0.1) is 0 Å². The van der Waals surface area contributed by atoms with Crippen molar-refractivity contribution in [2.75, 3.05) is 7.05 Å². The van der Waals surface area contributed by atoms with Crippen molar-refractivity contribution in [1.29, 1.82) is 0 Å². The largest absolute Gasteiger partial charge is 0.355 e. The Morgan fingerprint density at radius 3 is 2.30 bits per heavy atom. The van der Waals surface area contributed by atoms with Crippen molar-refractivity contribution in [2.24, 2.45) is 0 Å². The Bertz CT molecular complexity index is 798. The summed E-state index contributed by atoms with van der Waals surface area (Å²) >= 11 is 0. The molecule has 142 valence electrons. The first-order valence-electron chi connectivity index (χ1n) is 9.34. The number of carbonyl (C=O) groups is 2. The summed E-state index contributed by atoms with van der Waals surface area (Å²) in [7, 11) is 1.60. The summed E-state index contributed by atoms with van der Waals surface area (Å²) in [5.74, 6) is -0.235. The van der Waals surface area contributed by atoms with Crippen LogP contribution in [0.4, 0.5) is 4.39 Å². The Hall–Kier alpha value is -2.69. The fraction of sp³-hybridized carbons (Fsp3) is 0.364. The molecule has 2 aromatic rings. The molecule has 4 nitrogen and oxygen atoms in total. The second-order valence-corrected chi connectivity index (χ2v) is 7.19. The lowest BCUT2D eigenvalue weighted by Crippen LogP contribution is -2.33. The molecule has 0 saturated heterocycles. The first-order valence-corrected chi connectivity index (χ1v) is 9.34. The van der Waals surface area contributed by atoms with Crippen LogP contribution in [0, 0.1) is 5.82 Å². The molecular formula is C22H25FN2O2. The van der Waals surface area contributed by atoms with Crippen LogP contribution < -0.4 is 5.32 Å². The Morgan fingerprint density at radius 1 is 1.11 bits per heavy atom. The average Bonchev–Trinajstić information content (AvgIpc) is 3.51. The number of amides is 2. The summed E-state index contributed by atoms with van der Waals surface area (Å²) in [5, 5.41) is 2.60. The maximum absolute atomic E-state index is 13.1. The molecule has 1 aliphatic rings. The molecule has 1 atom stereocenters. The Morgan fingerprint density at radius 2 is 1.74 bits per heavy atom. The van der Waals surface area contributed by atoms with Crippen LogP contribution in [0.15, 0.2) is 48.5 Å². The monoisotopic (exact) mass is 368 g/mol. The highest BCUT2D eigenvalue weighted by molar-refractivity contribution is 5.93. The fourth-order valence-corrected chi connectivity index (χ4v) is 3.20. The van der Waals surface area contributed by atoms with E-state index in [1.54, 1.807) is 31.3 Å². The molecule has 5 heteroatoms. The molecule has 27 heavy (non-hydrogen) atoms. The van der Waals surface area contributed by atoms with Gasteiger partial charge in [-0.3, -0.25) is 9.59 Å². The molecule has 0 aromatic heterocycles. The second-order valence-electron chi connectivity index (χ2n) is 7.19. The second kappa shape index (κ2) is 8.33. The van der Waals surface area contributed by atoms with Crippen molar-refractivity contribution in [3.63, 3.8) is 0 Å². The molecule has 0 aliphatic heterocycles. The van der Waals surface area contributed by atoms with Crippen LogP contribution in [0.2, 0.25) is 0 Å². The number of benzene rings is 2. The summed E-state index contributed by atoms with van der Waals surface area (Å²) in [5.41, 5.74) is 2.59. The molecule has 2 amide bonds. The van der Waals surface area contributed by atoms with Gasteiger partial charge < -0.3 is 10.2 Å². The first-order chi connectivity index (χ1) is 13.0. The number of rotatable bonds is 7. The number of hydrogen-bond donors (Lipinski definition) is 1. The number of halogens is 1. The molecule has 3 rings (SSSR count). The Balaban J connectivity index is 1.65. The van der Waals surface area contributed by atoms with E-state index in [0.29, 0.717) is 24.6 Å². The van der Waals surface area contributed by atoms with Crippen molar-refractivity contribution in [3.8, 4) is 0 Å². The number of hydrogen-bond acceptors (Lipinski definition) is 2. The van der Waals surface area contributed by atoms with Gasteiger partial charge in [-0.2, -0.15) is 0 Å². The van der Waals surface area contributed by atoms with Crippen LogP contribution in [0.5, 0.6) is 0 Å². The molecule has 2 aromatic carbocycles. The quantitative estimate of drug-likeness (QED) is 0.807. The molecule has 1 unspecified atom stereocenters. The van der Waals surface area contributed by atoms with E-state index in [4.69, 9.17) is 0 Å². The lowest BCUT2D eigenvalue weighted by atomic mass is 9.97. The highest BCUT2D eigenvalue weighted by atomic mass is 19.1. The normalized spacial score (nSPS) is 14.5. The predicted molar refractivity (Wildman–Crippen MR) is 103 cm³/mol. The van der Waals surface area contributed by atoms with E-state index in [-0.39, 0.29) is 23.5 Å². The van der Waals surface area contributed by atoms with Crippen molar-refractivity contribution >= 4 is 11.8 Å². The van der Waals surface area contributed by atoms with E-state index in [1.165, 1.54) is 12.1 Å². The molecular weight excluding hydrogens is 343 g/mol. The highest BCUT2D eigenvalue weighted by Gasteiger charge is 2.33. The first kappa shape index (κ1) is 19.1. The van der Waals surface area contributed by atoms with Crippen molar-refractivity contribution in [2.45, 2.75) is 44.7 Å². The number of nitrogens with one attached hydrogen (secondary N) is 1. The number of nitrogens with zero attached hydrogens (tertiary/aromatic N) is 1. The summed E-state index contributed by atoms with van der Waals surface area (Å²) in [4.78, 5) is 26.5. The van der Waals surface area contributed by atoms with Gasteiger partial charge in [0.05, 0.1) is 0 Å². The fourth-order valence-electron chi connectivity index (χ4n) is 3.20. The predicted octanol–water partition coefficient (Wildman–Crippen LogP) is 3.87. The minimum absolute atomic E-state index is 0.0370. The van der Waals surface area contributed by atoms with Gasteiger partial charge in [0.15, 0.2) is 0 Å². The van der Waals surface area contributed by atoms with E-state index >= 15 is 0 Å². The molecule has 1 fully saturated rings. The van der Waals surface area contributed by atoms with E-state index < -0.39 is 0 Å². The van der Waals surface area contributed by atoms with Gasteiger partial charge >= 0.3 is 0 Å². The highest BCUT2D eigenvalue weighted by Crippen LogP contribution is 2.31. The number of carbonyl (C=O) groups excluding carboxylic acids is 2. The average molecular weight is 368 g/mol. The van der Waals surface area contributed by atoms with Gasteiger partial charge in [0.2, 0.25) is 5.91 Å². The smallest absolute Gasteiger partial charge is 0.251 e. The van der Waals surface area contributed by atoms with Gasteiger partial charge in [0.25, 0.3) is 5.91 Å². The zero-order valence-electron chi connectivity index (χ0n) is 15.7. The van der Waals surface area contributed by atoms with E-state index in [0.717, 1.165) is 24.0 Å². The van der Waals surface area contributed by atoms with E-state index in [9.17, 15) is 14.0 Å². The van der Waals surface area contributed by atoms with Crippen LogP contribution in [-0.2, 0) is 11.3 Å².